The topological polar surface area (TPSA) is 68.5 Å². The van der Waals surface area contributed by atoms with Gasteiger partial charge in [0.2, 0.25) is 0 Å². The van der Waals surface area contributed by atoms with Crippen molar-refractivity contribution in [3.05, 3.63) is 18.0 Å². The number of hydrogen-bond acceptors (Lipinski definition) is 5. The van der Waals surface area contributed by atoms with Crippen LogP contribution in [0.4, 0.5) is 0 Å². The summed E-state index contributed by atoms with van der Waals surface area (Å²) in [4.78, 5) is 0. The maximum absolute atomic E-state index is 9.65. The zero-order valence-electron chi connectivity index (χ0n) is 11.1. The number of aromatic nitrogens is 2. The number of aliphatic hydroxyl groups is 1. The van der Waals surface area contributed by atoms with Gasteiger partial charge in [0.05, 0.1) is 31.6 Å². The predicted octanol–water partition coefficient (Wildman–Crippen LogP) is -0.0763. The van der Waals surface area contributed by atoms with Crippen LogP contribution < -0.4 is 5.32 Å². The summed E-state index contributed by atoms with van der Waals surface area (Å²) in [6.07, 6.45) is 1.25. The third kappa shape index (κ3) is 6.11. The van der Waals surface area contributed by atoms with Crippen LogP contribution in [0, 0.1) is 0 Å². The van der Waals surface area contributed by atoms with E-state index in [1.54, 1.807) is 10.9 Å². The second-order valence-electron chi connectivity index (χ2n) is 4.00. The molecule has 0 aliphatic rings. The van der Waals surface area contributed by atoms with Gasteiger partial charge in [-0.3, -0.25) is 4.68 Å². The Hall–Kier alpha value is -0.950. The Balaban J connectivity index is 2.00. The molecule has 0 saturated carbocycles. The SMILES string of the molecule is CCOCCOCC(O)CNCc1ccnn1C. The highest BCUT2D eigenvalue weighted by Gasteiger charge is 2.04. The molecule has 0 aliphatic heterocycles. The van der Waals surface area contributed by atoms with Crippen molar-refractivity contribution in [3.63, 3.8) is 0 Å². The first-order valence-electron chi connectivity index (χ1n) is 6.25. The first-order valence-corrected chi connectivity index (χ1v) is 6.25. The van der Waals surface area contributed by atoms with Crippen LogP contribution in [0.15, 0.2) is 12.3 Å². The zero-order chi connectivity index (χ0) is 13.2. The van der Waals surface area contributed by atoms with E-state index in [2.05, 4.69) is 10.4 Å². The van der Waals surface area contributed by atoms with Gasteiger partial charge in [-0.15, -0.1) is 0 Å². The summed E-state index contributed by atoms with van der Waals surface area (Å²) in [5.74, 6) is 0. The molecule has 1 rings (SSSR count). The number of nitrogens with one attached hydrogen (secondary N) is 1. The van der Waals surface area contributed by atoms with E-state index in [4.69, 9.17) is 9.47 Å². The number of aliphatic hydroxyl groups excluding tert-OH is 1. The monoisotopic (exact) mass is 257 g/mol. The summed E-state index contributed by atoms with van der Waals surface area (Å²) >= 11 is 0. The average molecular weight is 257 g/mol. The van der Waals surface area contributed by atoms with Gasteiger partial charge in [-0.05, 0) is 13.0 Å². The fraction of sp³-hybridized carbons (Fsp3) is 0.750. The molecule has 0 spiro atoms. The number of nitrogens with zero attached hydrogens (tertiary/aromatic N) is 2. The van der Waals surface area contributed by atoms with E-state index >= 15 is 0 Å². The van der Waals surface area contributed by atoms with Crippen LogP contribution in [0.2, 0.25) is 0 Å². The van der Waals surface area contributed by atoms with Gasteiger partial charge in [0.15, 0.2) is 0 Å². The van der Waals surface area contributed by atoms with E-state index in [1.807, 2.05) is 20.0 Å². The number of aryl methyl sites for hydroxylation is 1. The number of rotatable bonds is 10. The Morgan fingerprint density at radius 3 is 2.89 bits per heavy atom. The van der Waals surface area contributed by atoms with Gasteiger partial charge in [0.25, 0.3) is 0 Å². The molecule has 6 heteroatoms. The van der Waals surface area contributed by atoms with Gasteiger partial charge in [-0.1, -0.05) is 0 Å². The Kier molecular flexibility index (Phi) is 7.59. The van der Waals surface area contributed by atoms with E-state index in [0.717, 1.165) is 5.69 Å². The molecule has 0 bridgehead atoms. The van der Waals surface area contributed by atoms with Crippen LogP contribution >= 0.6 is 0 Å². The molecule has 0 amide bonds. The summed E-state index contributed by atoms with van der Waals surface area (Å²) in [6.45, 7) is 5.24. The van der Waals surface area contributed by atoms with Crippen LogP contribution in [0.3, 0.4) is 0 Å². The van der Waals surface area contributed by atoms with E-state index in [1.165, 1.54) is 0 Å². The van der Waals surface area contributed by atoms with Crippen LogP contribution in [0.5, 0.6) is 0 Å². The summed E-state index contributed by atoms with van der Waals surface area (Å²) in [5, 5.41) is 16.9. The Bertz CT molecular complexity index is 317. The average Bonchev–Trinajstić information content (AvgIpc) is 2.75. The maximum atomic E-state index is 9.65. The van der Waals surface area contributed by atoms with E-state index in [-0.39, 0.29) is 0 Å². The molecule has 18 heavy (non-hydrogen) atoms. The van der Waals surface area contributed by atoms with Crippen molar-refractivity contribution in [3.8, 4) is 0 Å². The number of hydrogen-bond donors (Lipinski definition) is 2. The van der Waals surface area contributed by atoms with Crippen LogP contribution in [0.1, 0.15) is 12.6 Å². The molecule has 1 aromatic heterocycles. The van der Waals surface area contributed by atoms with Crippen LogP contribution in [0.25, 0.3) is 0 Å². The second kappa shape index (κ2) is 9.04. The van der Waals surface area contributed by atoms with Gasteiger partial charge in [0, 0.05) is 32.9 Å². The summed E-state index contributed by atoms with van der Waals surface area (Å²) in [7, 11) is 1.89. The lowest BCUT2D eigenvalue weighted by atomic mass is 10.3. The lowest BCUT2D eigenvalue weighted by Crippen LogP contribution is -2.31. The summed E-state index contributed by atoms with van der Waals surface area (Å²) in [6, 6.07) is 1.94. The fourth-order valence-corrected chi connectivity index (χ4v) is 1.48. The predicted molar refractivity (Wildman–Crippen MR) is 68.2 cm³/mol. The lowest BCUT2D eigenvalue weighted by molar-refractivity contribution is 0.00639. The van der Waals surface area contributed by atoms with Crippen molar-refractivity contribution in [2.75, 3.05) is 33.0 Å². The molecule has 1 unspecified atom stereocenters. The zero-order valence-corrected chi connectivity index (χ0v) is 11.1. The van der Waals surface area contributed by atoms with Gasteiger partial charge < -0.3 is 19.9 Å². The van der Waals surface area contributed by atoms with Gasteiger partial charge >= 0.3 is 0 Å². The standard InChI is InChI=1S/C12H23N3O3/c1-3-17-6-7-18-10-12(16)9-13-8-11-4-5-14-15(11)2/h4-5,12-13,16H,3,6-10H2,1-2H3. The van der Waals surface area contributed by atoms with Crippen molar-refractivity contribution in [2.24, 2.45) is 7.05 Å². The highest BCUT2D eigenvalue weighted by atomic mass is 16.5. The van der Waals surface area contributed by atoms with E-state index < -0.39 is 6.10 Å². The maximum Gasteiger partial charge on any atom is 0.0897 e. The van der Waals surface area contributed by atoms with Gasteiger partial charge in [0.1, 0.15) is 0 Å². The van der Waals surface area contributed by atoms with Crippen molar-refractivity contribution in [1.29, 1.82) is 0 Å². The van der Waals surface area contributed by atoms with E-state index in [9.17, 15) is 5.11 Å². The second-order valence-corrected chi connectivity index (χ2v) is 4.00. The first-order chi connectivity index (χ1) is 8.74. The molecule has 2 N–H and O–H groups in total. The highest BCUT2D eigenvalue weighted by Crippen LogP contribution is 1.95. The molecule has 0 aliphatic carbocycles. The summed E-state index contributed by atoms with van der Waals surface area (Å²) < 4.78 is 12.2. The molecular weight excluding hydrogens is 234 g/mol. The van der Waals surface area contributed by atoms with Crippen LogP contribution in [-0.4, -0.2) is 54.0 Å². The molecular formula is C12H23N3O3. The molecule has 0 saturated heterocycles. The Labute approximate surface area is 108 Å². The Morgan fingerprint density at radius 1 is 1.44 bits per heavy atom. The van der Waals surface area contributed by atoms with Gasteiger partial charge in [-0.25, -0.2) is 0 Å². The molecule has 1 aromatic rings. The minimum atomic E-state index is -0.500. The summed E-state index contributed by atoms with van der Waals surface area (Å²) in [5.41, 5.74) is 1.08. The number of ether oxygens (including phenoxy) is 2. The molecule has 6 nitrogen and oxygen atoms in total. The molecule has 0 aromatic carbocycles. The van der Waals surface area contributed by atoms with E-state index in [0.29, 0.717) is 39.5 Å². The third-order valence-corrected chi connectivity index (χ3v) is 2.49. The third-order valence-electron chi connectivity index (χ3n) is 2.49. The van der Waals surface area contributed by atoms with Crippen molar-refractivity contribution >= 4 is 0 Å². The molecule has 0 fully saturated rings. The lowest BCUT2D eigenvalue weighted by Gasteiger charge is -2.12. The van der Waals surface area contributed by atoms with Crippen molar-refractivity contribution in [1.82, 2.24) is 15.1 Å². The molecule has 0 radical (unpaired) electrons. The molecule has 104 valence electrons. The van der Waals surface area contributed by atoms with Crippen molar-refractivity contribution in [2.45, 2.75) is 19.6 Å². The van der Waals surface area contributed by atoms with Gasteiger partial charge in [-0.2, -0.15) is 5.10 Å². The molecule has 1 atom stereocenters. The fourth-order valence-electron chi connectivity index (χ4n) is 1.48. The minimum Gasteiger partial charge on any atom is -0.389 e. The smallest absolute Gasteiger partial charge is 0.0897 e. The Morgan fingerprint density at radius 2 is 2.22 bits per heavy atom. The quantitative estimate of drug-likeness (QED) is 0.574. The van der Waals surface area contributed by atoms with Crippen molar-refractivity contribution < 1.29 is 14.6 Å². The minimum absolute atomic E-state index is 0.325. The largest absolute Gasteiger partial charge is 0.389 e. The molecule has 1 heterocycles. The highest BCUT2D eigenvalue weighted by molar-refractivity contribution is 4.99. The van der Waals surface area contributed by atoms with Crippen LogP contribution in [-0.2, 0) is 23.1 Å². The normalized spacial score (nSPS) is 12.8. The first kappa shape index (κ1) is 15.1.